The van der Waals surface area contributed by atoms with Crippen LogP contribution in [0.1, 0.15) is 12.8 Å². The number of benzene rings is 1. The van der Waals surface area contributed by atoms with Crippen LogP contribution >= 0.6 is 35.6 Å². The van der Waals surface area contributed by atoms with Gasteiger partial charge in [-0.1, -0.05) is 17.7 Å². The standard InChI is InChI=1S/C17H25ClN4O.HI/c1-19-17(20-13-16-6-3-11-23-16)22-9-7-21(8-10-22)15-5-2-4-14(18)12-15;/h2,4-5,12,16H,3,6-11,13H2,1H3,(H,19,20);1H. The van der Waals surface area contributed by atoms with Gasteiger partial charge >= 0.3 is 0 Å². The molecule has 7 heteroatoms. The van der Waals surface area contributed by atoms with Crippen LogP contribution in [0.25, 0.3) is 0 Å². The maximum Gasteiger partial charge on any atom is 0.193 e. The second-order valence-corrected chi connectivity index (χ2v) is 6.45. The Bertz CT molecular complexity index is 543. The van der Waals surface area contributed by atoms with Crippen molar-refractivity contribution in [3.8, 4) is 0 Å². The Morgan fingerprint density at radius 2 is 2.12 bits per heavy atom. The number of guanidine groups is 1. The minimum atomic E-state index is 0. The Kier molecular flexibility index (Phi) is 7.90. The van der Waals surface area contributed by atoms with Crippen LogP contribution in [0.4, 0.5) is 5.69 Å². The zero-order valence-electron chi connectivity index (χ0n) is 14.1. The number of hydrogen-bond acceptors (Lipinski definition) is 3. The van der Waals surface area contributed by atoms with Crippen molar-refractivity contribution in [3.63, 3.8) is 0 Å². The van der Waals surface area contributed by atoms with E-state index < -0.39 is 0 Å². The maximum absolute atomic E-state index is 6.09. The van der Waals surface area contributed by atoms with Gasteiger partial charge < -0.3 is 19.9 Å². The van der Waals surface area contributed by atoms with E-state index >= 15 is 0 Å². The average Bonchev–Trinajstić information content (AvgIpc) is 3.09. The molecule has 3 rings (SSSR count). The highest BCUT2D eigenvalue weighted by Crippen LogP contribution is 2.20. The summed E-state index contributed by atoms with van der Waals surface area (Å²) in [6, 6.07) is 8.07. The molecule has 2 aliphatic rings. The van der Waals surface area contributed by atoms with Gasteiger partial charge in [0.05, 0.1) is 6.10 Å². The average molecular weight is 465 g/mol. The first-order valence-electron chi connectivity index (χ1n) is 8.34. The molecule has 1 N–H and O–H groups in total. The van der Waals surface area contributed by atoms with Gasteiger partial charge in [-0.3, -0.25) is 4.99 Å². The molecule has 2 saturated heterocycles. The highest BCUT2D eigenvalue weighted by Gasteiger charge is 2.21. The van der Waals surface area contributed by atoms with E-state index in [1.165, 1.54) is 12.1 Å². The van der Waals surface area contributed by atoms with Crippen LogP contribution in [-0.4, -0.2) is 63.3 Å². The number of aliphatic imine (C=N–C) groups is 1. The minimum absolute atomic E-state index is 0. The summed E-state index contributed by atoms with van der Waals surface area (Å²) in [4.78, 5) is 9.11. The van der Waals surface area contributed by atoms with E-state index in [0.29, 0.717) is 6.10 Å². The van der Waals surface area contributed by atoms with Gasteiger partial charge in [-0.05, 0) is 31.0 Å². The topological polar surface area (TPSA) is 40.1 Å². The smallest absolute Gasteiger partial charge is 0.193 e. The molecule has 0 amide bonds. The van der Waals surface area contributed by atoms with E-state index in [1.807, 2.05) is 25.2 Å². The van der Waals surface area contributed by atoms with E-state index in [-0.39, 0.29) is 24.0 Å². The van der Waals surface area contributed by atoms with Crippen molar-refractivity contribution in [2.24, 2.45) is 4.99 Å². The summed E-state index contributed by atoms with van der Waals surface area (Å²) in [7, 11) is 1.85. The predicted octanol–water partition coefficient (Wildman–Crippen LogP) is 2.83. The monoisotopic (exact) mass is 464 g/mol. The van der Waals surface area contributed by atoms with Gasteiger partial charge in [0.1, 0.15) is 0 Å². The largest absolute Gasteiger partial charge is 0.376 e. The maximum atomic E-state index is 6.09. The van der Waals surface area contributed by atoms with Crippen LogP contribution in [0.3, 0.4) is 0 Å². The Morgan fingerprint density at radius 1 is 1.33 bits per heavy atom. The normalized spacial score (nSPS) is 21.6. The fourth-order valence-corrected chi connectivity index (χ4v) is 3.38. The van der Waals surface area contributed by atoms with E-state index in [0.717, 1.165) is 56.7 Å². The van der Waals surface area contributed by atoms with Crippen molar-refractivity contribution in [2.75, 3.05) is 51.3 Å². The Hall–Kier alpha value is -0.730. The Morgan fingerprint density at radius 3 is 2.75 bits per heavy atom. The van der Waals surface area contributed by atoms with Gasteiger partial charge in [0.15, 0.2) is 5.96 Å². The number of anilines is 1. The van der Waals surface area contributed by atoms with Crippen LogP contribution in [0.2, 0.25) is 5.02 Å². The molecule has 2 heterocycles. The van der Waals surface area contributed by atoms with Crippen molar-refractivity contribution in [1.29, 1.82) is 0 Å². The first kappa shape index (κ1) is 19.6. The van der Waals surface area contributed by atoms with Crippen LogP contribution in [0, 0.1) is 0 Å². The summed E-state index contributed by atoms with van der Waals surface area (Å²) in [6.07, 6.45) is 2.65. The van der Waals surface area contributed by atoms with Crippen LogP contribution in [0.15, 0.2) is 29.3 Å². The molecule has 1 unspecified atom stereocenters. The number of nitrogens with zero attached hydrogens (tertiary/aromatic N) is 3. The molecule has 134 valence electrons. The van der Waals surface area contributed by atoms with E-state index in [2.05, 4.69) is 26.2 Å². The van der Waals surface area contributed by atoms with Crippen LogP contribution < -0.4 is 10.2 Å². The fourth-order valence-electron chi connectivity index (χ4n) is 3.19. The lowest BCUT2D eigenvalue weighted by atomic mass is 10.2. The highest BCUT2D eigenvalue weighted by molar-refractivity contribution is 14.0. The summed E-state index contributed by atoms with van der Waals surface area (Å²) in [5.74, 6) is 0.978. The van der Waals surface area contributed by atoms with E-state index in [9.17, 15) is 0 Å². The molecule has 24 heavy (non-hydrogen) atoms. The SMILES string of the molecule is CN=C(NCC1CCCO1)N1CCN(c2cccc(Cl)c2)CC1.I. The number of nitrogens with one attached hydrogen (secondary N) is 1. The molecule has 2 aliphatic heterocycles. The summed E-state index contributed by atoms with van der Waals surface area (Å²) < 4.78 is 5.66. The van der Waals surface area contributed by atoms with Crippen molar-refractivity contribution in [1.82, 2.24) is 10.2 Å². The summed E-state index contributed by atoms with van der Waals surface area (Å²) in [5.41, 5.74) is 1.19. The number of rotatable bonds is 3. The van der Waals surface area contributed by atoms with Gasteiger partial charge in [-0.15, -0.1) is 24.0 Å². The summed E-state index contributed by atoms with van der Waals surface area (Å²) in [6.45, 7) is 5.60. The third kappa shape index (κ3) is 5.13. The molecule has 0 saturated carbocycles. The van der Waals surface area contributed by atoms with Crippen molar-refractivity contribution < 1.29 is 4.74 Å². The third-order valence-electron chi connectivity index (χ3n) is 4.48. The zero-order valence-corrected chi connectivity index (χ0v) is 17.2. The van der Waals surface area contributed by atoms with Gasteiger partial charge in [0, 0.05) is 57.1 Å². The molecule has 1 atom stereocenters. The Balaban J connectivity index is 0.00000208. The first-order valence-corrected chi connectivity index (χ1v) is 8.72. The second-order valence-electron chi connectivity index (χ2n) is 6.02. The number of hydrogen-bond donors (Lipinski definition) is 1. The Labute approximate surface area is 166 Å². The van der Waals surface area contributed by atoms with Gasteiger partial charge in [0.2, 0.25) is 0 Å². The molecule has 0 radical (unpaired) electrons. The predicted molar refractivity (Wildman–Crippen MR) is 111 cm³/mol. The van der Waals surface area contributed by atoms with E-state index in [4.69, 9.17) is 16.3 Å². The number of halogens is 2. The van der Waals surface area contributed by atoms with Crippen molar-refractivity contribution in [2.45, 2.75) is 18.9 Å². The highest BCUT2D eigenvalue weighted by atomic mass is 127. The second kappa shape index (κ2) is 9.68. The molecule has 2 fully saturated rings. The molecule has 0 aromatic heterocycles. The minimum Gasteiger partial charge on any atom is -0.376 e. The van der Waals surface area contributed by atoms with Crippen molar-refractivity contribution >= 4 is 47.2 Å². The molecular formula is C17H26ClIN4O. The molecule has 0 bridgehead atoms. The molecule has 0 aliphatic carbocycles. The first-order chi connectivity index (χ1) is 11.3. The third-order valence-corrected chi connectivity index (χ3v) is 4.71. The zero-order chi connectivity index (χ0) is 16.1. The molecular weight excluding hydrogens is 439 g/mol. The lowest BCUT2D eigenvalue weighted by Gasteiger charge is -2.38. The van der Waals surface area contributed by atoms with Gasteiger partial charge in [-0.25, -0.2) is 0 Å². The van der Waals surface area contributed by atoms with Crippen LogP contribution in [0.5, 0.6) is 0 Å². The lowest BCUT2D eigenvalue weighted by Crippen LogP contribution is -2.53. The van der Waals surface area contributed by atoms with Crippen molar-refractivity contribution in [3.05, 3.63) is 29.3 Å². The lowest BCUT2D eigenvalue weighted by molar-refractivity contribution is 0.113. The molecule has 5 nitrogen and oxygen atoms in total. The summed E-state index contributed by atoms with van der Waals surface area (Å²) in [5, 5.41) is 4.25. The number of ether oxygens (including phenoxy) is 1. The summed E-state index contributed by atoms with van der Waals surface area (Å²) >= 11 is 6.09. The fraction of sp³-hybridized carbons (Fsp3) is 0.588. The van der Waals surface area contributed by atoms with Gasteiger partial charge in [-0.2, -0.15) is 0 Å². The molecule has 1 aromatic rings. The molecule has 1 aromatic carbocycles. The number of piperazine rings is 1. The van der Waals surface area contributed by atoms with Crippen LogP contribution in [-0.2, 0) is 4.74 Å². The van der Waals surface area contributed by atoms with Gasteiger partial charge in [0.25, 0.3) is 0 Å². The molecule has 0 spiro atoms. The quantitative estimate of drug-likeness (QED) is 0.424. The van der Waals surface area contributed by atoms with E-state index in [1.54, 1.807) is 0 Å².